The third-order valence-corrected chi connectivity index (χ3v) is 7.43. The van der Waals surface area contributed by atoms with Crippen molar-refractivity contribution in [1.82, 2.24) is 10.2 Å². The summed E-state index contributed by atoms with van der Waals surface area (Å²) in [6, 6.07) is 13.9. The van der Waals surface area contributed by atoms with E-state index in [1.54, 1.807) is 23.1 Å². The van der Waals surface area contributed by atoms with Gasteiger partial charge in [0.05, 0.1) is 11.9 Å². The highest BCUT2D eigenvalue weighted by molar-refractivity contribution is 7.92. The van der Waals surface area contributed by atoms with E-state index >= 15 is 0 Å². The number of carbonyl (C=O) groups excluding carboxylic acids is 2. The first-order valence-electron chi connectivity index (χ1n) is 13.1. The lowest BCUT2D eigenvalue weighted by Crippen LogP contribution is -2.49. The Kier molecular flexibility index (Phi) is 10.4. The summed E-state index contributed by atoms with van der Waals surface area (Å²) in [5.41, 5.74) is 1.37. The molecule has 1 atom stereocenters. The van der Waals surface area contributed by atoms with Gasteiger partial charge in [-0.2, -0.15) is 0 Å². The number of carbonyl (C=O) groups is 2. The summed E-state index contributed by atoms with van der Waals surface area (Å²) < 4.78 is 37.7. The largest absolute Gasteiger partial charge is 0.486 e. The van der Waals surface area contributed by atoms with Gasteiger partial charge in [0.15, 0.2) is 11.5 Å². The third-order valence-electron chi connectivity index (χ3n) is 6.23. The molecule has 0 fully saturated rings. The van der Waals surface area contributed by atoms with E-state index in [1.165, 1.54) is 4.31 Å². The average molecular weight is 546 g/mol. The maximum atomic E-state index is 13.5. The maximum Gasteiger partial charge on any atom is 0.242 e. The van der Waals surface area contributed by atoms with Gasteiger partial charge < -0.3 is 19.7 Å². The number of rotatable bonds is 13. The van der Waals surface area contributed by atoms with Crippen molar-refractivity contribution in [3.63, 3.8) is 0 Å². The first kappa shape index (κ1) is 29.3. The van der Waals surface area contributed by atoms with Crippen molar-refractivity contribution >= 4 is 27.5 Å². The molecule has 0 aliphatic carbocycles. The number of nitrogens with zero attached hydrogens (tertiary/aromatic N) is 2. The van der Waals surface area contributed by atoms with E-state index in [9.17, 15) is 18.0 Å². The zero-order valence-electron chi connectivity index (χ0n) is 22.7. The Labute approximate surface area is 226 Å². The van der Waals surface area contributed by atoms with Crippen LogP contribution in [0.25, 0.3) is 0 Å². The number of hydrogen-bond donors (Lipinski definition) is 1. The number of anilines is 1. The molecule has 0 bridgehead atoms. The van der Waals surface area contributed by atoms with Crippen LogP contribution in [0.15, 0.2) is 48.5 Å². The van der Waals surface area contributed by atoms with Crippen molar-refractivity contribution in [2.24, 2.45) is 5.92 Å². The minimum Gasteiger partial charge on any atom is -0.486 e. The summed E-state index contributed by atoms with van der Waals surface area (Å²) in [6.45, 7) is 7.69. The maximum absolute atomic E-state index is 13.5. The highest BCUT2D eigenvalue weighted by atomic mass is 32.2. The monoisotopic (exact) mass is 545 g/mol. The highest BCUT2D eigenvalue weighted by Gasteiger charge is 2.29. The second-order valence-corrected chi connectivity index (χ2v) is 11.7. The third kappa shape index (κ3) is 8.11. The van der Waals surface area contributed by atoms with Gasteiger partial charge in [-0.05, 0) is 36.5 Å². The van der Waals surface area contributed by atoms with E-state index in [4.69, 9.17) is 9.47 Å². The van der Waals surface area contributed by atoms with Crippen molar-refractivity contribution in [2.75, 3.05) is 36.9 Å². The molecule has 2 aromatic carbocycles. The summed E-state index contributed by atoms with van der Waals surface area (Å²) in [7, 11) is -3.61. The number of hydrogen-bond acceptors (Lipinski definition) is 6. The van der Waals surface area contributed by atoms with Crippen LogP contribution < -0.4 is 19.1 Å². The topological polar surface area (TPSA) is 105 Å². The number of nitrogens with one attached hydrogen (secondary N) is 1. The van der Waals surface area contributed by atoms with E-state index in [0.29, 0.717) is 49.9 Å². The summed E-state index contributed by atoms with van der Waals surface area (Å²) in [5, 5.41) is 2.95. The van der Waals surface area contributed by atoms with Crippen molar-refractivity contribution in [2.45, 2.75) is 52.6 Å². The zero-order chi connectivity index (χ0) is 27.7. The molecule has 0 saturated heterocycles. The first-order chi connectivity index (χ1) is 18.1. The second kappa shape index (κ2) is 13.5. The Morgan fingerprint density at radius 3 is 2.34 bits per heavy atom. The minimum atomic E-state index is -3.61. The van der Waals surface area contributed by atoms with Crippen LogP contribution in [0.1, 0.15) is 45.6 Å². The Bertz CT molecular complexity index is 1190. The van der Waals surface area contributed by atoms with E-state index < -0.39 is 16.1 Å². The number of sulfonamides is 1. The highest BCUT2D eigenvalue weighted by Crippen LogP contribution is 2.34. The van der Waals surface area contributed by atoms with Crippen LogP contribution in [0, 0.1) is 5.92 Å². The average Bonchev–Trinajstić information content (AvgIpc) is 2.89. The molecule has 0 radical (unpaired) electrons. The van der Waals surface area contributed by atoms with E-state index in [2.05, 4.69) is 5.32 Å². The molecule has 9 nitrogen and oxygen atoms in total. The van der Waals surface area contributed by atoms with Crippen molar-refractivity contribution in [3.8, 4) is 11.5 Å². The molecule has 38 heavy (non-hydrogen) atoms. The molecule has 1 unspecified atom stereocenters. The molecule has 1 heterocycles. The van der Waals surface area contributed by atoms with Gasteiger partial charge in [0.25, 0.3) is 0 Å². The smallest absolute Gasteiger partial charge is 0.242 e. The lowest BCUT2D eigenvalue weighted by Gasteiger charge is -2.31. The molecule has 0 aromatic heterocycles. The van der Waals surface area contributed by atoms with Crippen molar-refractivity contribution < 1.29 is 27.5 Å². The summed E-state index contributed by atoms with van der Waals surface area (Å²) in [6.07, 6.45) is 1.99. The summed E-state index contributed by atoms with van der Waals surface area (Å²) in [4.78, 5) is 28.1. The molecule has 0 saturated carbocycles. The minimum absolute atomic E-state index is 0.0946. The first-order valence-corrected chi connectivity index (χ1v) is 14.9. The van der Waals surface area contributed by atoms with Gasteiger partial charge in [-0.25, -0.2) is 8.42 Å². The van der Waals surface area contributed by atoms with E-state index in [-0.39, 0.29) is 37.1 Å². The molecule has 10 heteroatoms. The van der Waals surface area contributed by atoms with Gasteiger partial charge >= 0.3 is 0 Å². The van der Waals surface area contributed by atoms with Crippen molar-refractivity contribution in [3.05, 3.63) is 54.1 Å². The van der Waals surface area contributed by atoms with Gasteiger partial charge in [0.2, 0.25) is 21.8 Å². The predicted molar refractivity (Wildman–Crippen MR) is 148 cm³/mol. The Hall–Kier alpha value is -3.27. The standard InChI is InChI=1S/C28H39N3O6S/c1-5-24(28(33)29-19-21(2)3)30(20-22-10-7-6-8-11-22)27(32)12-9-15-31(38(4,34)35)23-13-14-25-26(18-23)37-17-16-36-25/h6-8,10-11,13-14,18,21,24H,5,9,12,15-17,19-20H2,1-4H3,(H,29,33). The molecule has 1 aliphatic rings. The molecule has 2 aromatic rings. The molecule has 0 spiro atoms. The zero-order valence-corrected chi connectivity index (χ0v) is 23.5. The Balaban J connectivity index is 1.74. The fourth-order valence-electron chi connectivity index (χ4n) is 4.31. The lowest BCUT2D eigenvalue weighted by molar-refractivity contribution is -0.141. The quantitative estimate of drug-likeness (QED) is 0.413. The summed E-state index contributed by atoms with van der Waals surface area (Å²) >= 11 is 0. The molecule has 208 valence electrons. The second-order valence-electron chi connectivity index (χ2n) is 9.84. The predicted octanol–water partition coefficient (Wildman–Crippen LogP) is 3.58. The van der Waals surface area contributed by atoms with Gasteiger partial charge in [0, 0.05) is 32.1 Å². The Morgan fingerprint density at radius 1 is 1.03 bits per heavy atom. The SMILES string of the molecule is CCC(C(=O)NCC(C)C)N(Cc1ccccc1)C(=O)CCCN(c1ccc2c(c1)OCCO2)S(C)(=O)=O. The number of ether oxygens (including phenoxy) is 2. The van der Waals surface area contributed by atoms with E-state index in [0.717, 1.165) is 11.8 Å². The Morgan fingerprint density at radius 2 is 1.71 bits per heavy atom. The molecule has 3 rings (SSSR count). The van der Waals surface area contributed by atoms with Gasteiger partial charge in [-0.3, -0.25) is 13.9 Å². The van der Waals surface area contributed by atoms with Gasteiger partial charge in [0.1, 0.15) is 19.3 Å². The molecule has 1 N–H and O–H groups in total. The van der Waals surface area contributed by atoms with Crippen LogP contribution in [0.2, 0.25) is 0 Å². The van der Waals surface area contributed by atoms with Crippen molar-refractivity contribution in [1.29, 1.82) is 0 Å². The molecule has 1 aliphatic heterocycles. The van der Waals surface area contributed by atoms with Crippen LogP contribution in [-0.2, 0) is 26.2 Å². The van der Waals surface area contributed by atoms with Gasteiger partial charge in [-0.15, -0.1) is 0 Å². The van der Waals surface area contributed by atoms with Crippen LogP contribution >= 0.6 is 0 Å². The van der Waals surface area contributed by atoms with Crippen LogP contribution in [0.3, 0.4) is 0 Å². The number of amides is 2. The molecular weight excluding hydrogens is 506 g/mol. The summed E-state index contributed by atoms with van der Waals surface area (Å²) in [5.74, 6) is 0.972. The van der Waals surface area contributed by atoms with Crippen LogP contribution in [0.4, 0.5) is 5.69 Å². The number of fused-ring (bicyclic) bond motifs is 1. The normalized spacial score (nSPS) is 13.6. The molecule has 2 amide bonds. The van der Waals surface area contributed by atoms with Crippen LogP contribution in [0.5, 0.6) is 11.5 Å². The molecular formula is C28H39N3O6S. The van der Waals surface area contributed by atoms with Crippen LogP contribution in [-0.4, -0.2) is 63.7 Å². The van der Waals surface area contributed by atoms with Gasteiger partial charge in [-0.1, -0.05) is 51.1 Å². The lowest BCUT2D eigenvalue weighted by atomic mass is 10.1. The van der Waals surface area contributed by atoms with E-state index in [1.807, 2.05) is 51.1 Å². The fraction of sp³-hybridized carbons (Fsp3) is 0.500. The number of benzene rings is 2. The fourth-order valence-corrected chi connectivity index (χ4v) is 5.27.